The Morgan fingerprint density at radius 2 is 2.03 bits per heavy atom. The minimum atomic E-state index is -0.262. The van der Waals surface area contributed by atoms with Gasteiger partial charge in [0.25, 0.3) is 5.91 Å². The van der Waals surface area contributed by atoms with Gasteiger partial charge in [0.05, 0.1) is 25.1 Å². The average Bonchev–Trinajstić information content (AvgIpc) is 3.42. The van der Waals surface area contributed by atoms with Crippen LogP contribution in [0.2, 0.25) is 5.02 Å². The van der Waals surface area contributed by atoms with Gasteiger partial charge < -0.3 is 8.83 Å². The second-order valence-corrected chi connectivity index (χ2v) is 7.65. The van der Waals surface area contributed by atoms with Crippen LogP contribution in [0.1, 0.15) is 35.3 Å². The predicted molar refractivity (Wildman–Crippen MR) is 111 cm³/mol. The van der Waals surface area contributed by atoms with E-state index in [-0.39, 0.29) is 18.5 Å². The van der Waals surface area contributed by atoms with Crippen molar-refractivity contribution in [2.24, 2.45) is 5.10 Å². The number of benzene rings is 1. The predicted octanol–water partition coefficient (Wildman–Crippen LogP) is 4.64. The second kappa shape index (κ2) is 8.27. The maximum absolute atomic E-state index is 13.1. The molecule has 2 aromatic heterocycles. The molecule has 0 unspecified atom stereocenters. The lowest BCUT2D eigenvalue weighted by Crippen LogP contribution is -2.36. The minimum absolute atomic E-state index is 0.0962. The number of amides is 1. The van der Waals surface area contributed by atoms with Crippen molar-refractivity contribution >= 4 is 23.2 Å². The van der Waals surface area contributed by atoms with Gasteiger partial charge in [0.2, 0.25) is 0 Å². The molecule has 1 atom stereocenters. The van der Waals surface area contributed by atoms with Crippen molar-refractivity contribution in [3.63, 3.8) is 0 Å². The van der Waals surface area contributed by atoms with Crippen LogP contribution < -0.4 is 0 Å². The third kappa shape index (κ3) is 4.44. The summed E-state index contributed by atoms with van der Waals surface area (Å²) >= 11 is 6.00. The first-order valence-electron chi connectivity index (χ1n) is 9.42. The number of halogens is 1. The van der Waals surface area contributed by atoms with E-state index in [1.165, 1.54) is 5.01 Å². The number of nitrogens with zero attached hydrogens (tertiary/aromatic N) is 3. The van der Waals surface area contributed by atoms with Gasteiger partial charge in [0, 0.05) is 11.4 Å². The minimum Gasteiger partial charge on any atom is -0.467 e. The Morgan fingerprint density at radius 3 is 2.69 bits per heavy atom. The van der Waals surface area contributed by atoms with Crippen LogP contribution in [0, 0.1) is 6.92 Å². The van der Waals surface area contributed by atoms with Crippen LogP contribution >= 0.6 is 11.6 Å². The lowest BCUT2D eigenvalue weighted by atomic mass is 10.0. The van der Waals surface area contributed by atoms with Crippen molar-refractivity contribution < 1.29 is 13.6 Å². The maximum atomic E-state index is 13.1. The Hall–Kier alpha value is -2.83. The third-order valence-corrected chi connectivity index (χ3v) is 5.09. The van der Waals surface area contributed by atoms with Gasteiger partial charge in [-0.25, -0.2) is 5.01 Å². The molecule has 0 spiro atoms. The zero-order valence-corrected chi connectivity index (χ0v) is 17.1. The highest BCUT2D eigenvalue weighted by atomic mass is 35.5. The lowest BCUT2D eigenvalue weighted by molar-refractivity contribution is -0.134. The molecule has 6 nitrogen and oxygen atoms in total. The Balaban J connectivity index is 1.52. The van der Waals surface area contributed by atoms with Crippen LogP contribution in [0.5, 0.6) is 0 Å². The highest BCUT2D eigenvalue weighted by molar-refractivity contribution is 6.30. The standard InChI is InChI=1S/C22H22ClN3O3/c1-15-5-10-18(29-15)13-25(2)14-22(27)26-20(21-4-3-11-28-21)12-19(24-26)16-6-8-17(23)9-7-16/h3-11,20H,12-14H2,1-2H3/t20-/m1/s1. The molecule has 0 saturated heterocycles. The molecule has 4 rings (SSSR count). The summed E-state index contributed by atoms with van der Waals surface area (Å²) in [6.45, 7) is 2.67. The van der Waals surface area contributed by atoms with Gasteiger partial charge in [0.1, 0.15) is 23.3 Å². The molecule has 0 fully saturated rings. The largest absolute Gasteiger partial charge is 0.467 e. The highest BCUT2D eigenvalue weighted by Gasteiger charge is 2.35. The summed E-state index contributed by atoms with van der Waals surface area (Å²) in [6.07, 6.45) is 2.20. The van der Waals surface area contributed by atoms with Gasteiger partial charge in [-0.15, -0.1) is 0 Å². The van der Waals surface area contributed by atoms with Crippen molar-refractivity contribution in [2.75, 3.05) is 13.6 Å². The number of hydrogen-bond acceptors (Lipinski definition) is 5. The van der Waals surface area contributed by atoms with Crippen LogP contribution in [0.4, 0.5) is 0 Å². The fourth-order valence-electron chi connectivity index (χ4n) is 3.45. The molecule has 0 radical (unpaired) electrons. The molecule has 3 aromatic rings. The number of hydrogen-bond donors (Lipinski definition) is 0. The van der Waals surface area contributed by atoms with Crippen molar-refractivity contribution in [3.8, 4) is 0 Å². The first kappa shape index (κ1) is 19.5. The summed E-state index contributed by atoms with van der Waals surface area (Å²) in [5.41, 5.74) is 1.78. The molecular weight excluding hydrogens is 390 g/mol. The average molecular weight is 412 g/mol. The molecule has 1 aliphatic rings. The Kier molecular flexibility index (Phi) is 5.56. The Morgan fingerprint density at radius 1 is 1.24 bits per heavy atom. The number of carbonyl (C=O) groups excluding carboxylic acids is 1. The molecule has 150 valence electrons. The molecule has 3 heterocycles. The van der Waals surface area contributed by atoms with Gasteiger partial charge in [-0.05, 0) is 55.9 Å². The number of likely N-dealkylation sites (N-methyl/N-ethyl adjacent to an activating group) is 1. The molecule has 7 heteroatoms. The van der Waals surface area contributed by atoms with E-state index >= 15 is 0 Å². The van der Waals surface area contributed by atoms with Crippen molar-refractivity contribution in [2.45, 2.75) is 25.9 Å². The zero-order chi connectivity index (χ0) is 20.4. The summed E-state index contributed by atoms with van der Waals surface area (Å²) in [5.74, 6) is 2.30. The number of aryl methyl sites for hydroxylation is 1. The molecule has 1 aromatic carbocycles. The van der Waals surface area contributed by atoms with E-state index < -0.39 is 0 Å². The van der Waals surface area contributed by atoms with E-state index in [0.717, 1.165) is 28.6 Å². The lowest BCUT2D eigenvalue weighted by Gasteiger charge is -2.22. The number of furan rings is 2. The van der Waals surface area contributed by atoms with Gasteiger partial charge in [0.15, 0.2) is 0 Å². The van der Waals surface area contributed by atoms with Gasteiger partial charge in [-0.1, -0.05) is 23.7 Å². The number of carbonyl (C=O) groups is 1. The summed E-state index contributed by atoms with van der Waals surface area (Å²) in [7, 11) is 1.89. The first-order valence-corrected chi connectivity index (χ1v) is 9.80. The normalized spacial score (nSPS) is 16.5. The molecule has 0 bridgehead atoms. The first-order chi connectivity index (χ1) is 14.0. The topological polar surface area (TPSA) is 62.2 Å². The molecule has 0 saturated carbocycles. The summed E-state index contributed by atoms with van der Waals surface area (Å²) in [6, 6.07) is 14.8. The molecule has 0 aliphatic carbocycles. The SMILES string of the molecule is Cc1ccc(CN(C)CC(=O)N2N=C(c3ccc(Cl)cc3)C[C@@H]2c2ccco2)o1. The van der Waals surface area contributed by atoms with Gasteiger partial charge >= 0.3 is 0 Å². The molecule has 29 heavy (non-hydrogen) atoms. The van der Waals surface area contributed by atoms with E-state index in [1.807, 2.05) is 67.4 Å². The molecular formula is C22H22ClN3O3. The van der Waals surface area contributed by atoms with Crippen LogP contribution in [0.15, 0.2) is 68.7 Å². The summed E-state index contributed by atoms with van der Waals surface area (Å²) in [4.78, 5) is 15.0. The van der Waals surface area contributed by atoms with Crippen molar-refractivity contribution in [1.29, 1.82) is 0 Å². The van der Waals surface area contributed by atoms with E-state index in [0.29, 0.717) is 18.0 Å². The second-order valence-electron chi connectivity index (χ2n) is 7.21. The summed E-state index contributed by atoms with van der Waals surface area (Å²) < 4.78 is 11.2. The van der Waals surface area contributed by atoms with Crippen LogP contribution in [-0.2, 0) is 11.3 Å². The summed E-state index contributed by atoms with van der Waals surface area (Å²) in [5, 5.41) is 6.84. The smallest absolute Gasteiger partial charge is 0.257 e. The zero-order valence-electron chi connectivity index (χ0n) is 16.3. The monoisotopic (exact) mass is 411 g/mol. The van der Waals surface area contributed by atoms with Crippen LogP contribution in [0.3, 0.4) is 0 Å². The molecule has 0 N–H and O–H groups in total. The van der Waals surface area contributed by atoms with E-state index in [1.54, 1.807) is 6.26 Å². The Bertz CT molecular complexity index is 1010. The van der Waals surface area contributed by atoms with Gasteiger partial charge in [-0.2, -0.15) is 5.10 Å². The third-order valence-electron chi connectivity index (χ3n) is 4.84. The highest BCUT2D eigenvalue weighted by Crippen LogP contribution is 2.33. The van der Waals surface area contributed by atoms with Gasteiger partial charge in [-0.3, -0.25) is 9.69 Å². The van der Waals surface area contributed by atoms with E-state index in [9.17, 15) is 4.79 Å². The van der Waals surface area contributed by atoms with Crippen molar-refractivity contribution in [1.82, 2.24) is 9.91 Å². The quantitative estimate of drug-likeness (QED) is 0.592. The Labute approximate surface area is 174 Å². The fraction of sp³-hybridized carbons (Fsp3) is 0.273. The number of rotatable bonds is 6. The molecule has 1 amide bonds. The number of hydrazone groups is 1. The fourth-order valence-corrected chi connectivity index (χ4v) is 3.58. The molecule has 1 aliphatic heterocycles. The van der Waals surface area contributed by atoms with Crippen LogP contribution in [-0.4, -0.2) is 35.1 Å². The van der Waals surface area contributed by atoms with E-state index in [4.69, 9.17) is 20.4 Å². The van der Waals surface area contributed by atoms with Crippen molar-refractivity contribution in [3.05, 3.63) is 82.7 Å². The van der Waals surface area contributed by atoms with Crippen LogP contribution in [0.25, 0.3) is 0 Å². The van der Waals surface area contributed by atoms with E-state index in [2.05, 4.69) is 5.10 Å². The maximum Gasteiger partial charge on any atom is 0.257 e.